The quantitative estimate of drug-likeness (QED) is 0.721. The number of hydrogen-bond donors (Lipinski definition) is 1. The summed E-state index contributed by atoms with van der Waals surface area (Å²) in [6.07, 6.45) is 2.56. The maximum Gasteiger partial charge on any atom is 0.310 e. The van der Waals surface area contributed by atoms with Gasteiger partial charge in [-0.2, -0.15) is 0 Å². The Bertz CT molecular complexity index is 262. The van der Waals surface area contributed by atoms with E-state index in [2.05, 4.69) is 6.58 Å². The summed E-state index contributed by atoms with van der Waals surface area (Å²) in [4.78, 5) is 11.6. The molecule has 1 N–H and O–H groups in total. The molecule has 0 rings (SSSR count). The fourth-order valence-electron chi connectivity index (χ4n) is 2.12. The Morgan fingerprint density at radius 3 is 1.73 bits per heavy atom. The predicted molar refractivity (Wildman–Crippen MR) is 63.8 cm³/mol. The molecule has 2 heteroatoms. The van der Waals surface area contributed by atoms with Crippen molar-refractivity contribution in [2.75, 3.05) is 0 Å². The Morgan fingerprint density at radius 2 is 1.67 bits per heavy atom. The summed E-state index contributed by atoms with van der Waals surface area (Å²) in [5.74, 6) is -0.751. The minimum absolute atomic E-state index is 0.308. The van der Waals surface area contributed by atoms with E-state index in [-0.39, 0.29) is 5.41 Å². The molecule has 0 spiro atoms. The highest BCUT2D eigenvalue weighted by molar-refractivity contribution is 5.76. The monoisotopic (exact) mass is 212 g/mol. The Morgan fingerprint density at radius 1 is 1.27 bits per heavy atom. The Labute approximate surface area is 93.4 Å². The Balaban J connectivity index is 5.70. The molecule has 2 atom stereocenters. The third kappa shape index (κ3) is 1.95. The van der Waals surface area contributed by atoms with Crippen LogP contribution in [-0.4, -0.2) is 11.1 Å². The summed E-state index contributed by atoms with van der Waals surface area (Å²) >= 11 is 0. The van der Waals surface area contributed by atoms with Crippen LogP contribution in [0.15, 0.2) is 12.7 Å². The van der Waals surface area contributed by atoms with Gasteiger partial charge < -0.3 is 5.11 Å². The highest BCUT2D eigenvalue weighted by Gasteiger charge is 2.54. The molecule has 0 saturated heterocycles. The first-order valence-corrected chi connectivity index (χ1v) is 5.44. The Kier molecular flexibility index (Phi) is 3.78. The van der Waals surface area contributed by atoms with Crippen molar-refractivity contribution in [3.05, 3.63) is 12.7 Å². The third-order valence-corrected chi connectivity index (χ3v) is 4.25. The molecule has 0 saturated carbocycles. The molecule has 1 unspecified atom stereocenters. The van der Waals surface area contributed by atoms with Gasteiger partial charge in [-0.25, -0.2) is 0 Å². The average molecular weight is 212 g/mol. The lowest BCUT2D eigenvalue weighted by Crippen LogP contribution is -2.51. The molecule has 0 aromatic heterocycles. The molecule has 0 aromatic carbocycles. The minimum atomic E-state index is -0.809. The van der Waals surface area contributed by atoms with E-state index < -0.39 is 16.8 Å². The van der Waals surface area contributed by atoms with Gasteiger partial charge in [0.15, 0.2) is 0 Å². The van der Waals surface area contributed by atoms with Crippen molar-refractivity contribution in [1.82, 2.24) is 0 Å². The zero-order valence-electron chi connectivity index (χ0n) is 10.8. The topological polar surface area (TPSA) is 37.3 Å². The second kappa shape index (κ2) is 3.99. The summed E-state index contributed by atoms with van der Waals surface area (Å²) in [7, 11) is 0. The van der Waals surface area contributed by atoms with Gasteiger partial charge >= 0.3 is 5.97 Å². The number of carbonyl (C=O) groups is 1. The fourth-order valence-corrected chi connectivity index (χ4v) is 2.12. The van der Waals surface area contributed by atoms with Crippen molar-refractivity contribution in [2.45, 2.75) is 48.0 Å². The van der Waals surface area contributed by atoms with Gasteiger partial charge in [-0.3, -0.25) is 4.79 Å². The first-order chi connectivity index (χ1) is 6.56. The molecule has 0 aromatic rings. The molecule has 0 aliphatic carbocycles. The van der Waals surface area contributed by atoms with E-state index in [4.69, 9.17) is 0 Å². The third-order valence-electron chi connectivity index (χ3n) is 4.25. The van der Waals surface area contributed by atoms with Crippen LogP contribution in [0.5, 0.6) is 0 Å². The number of hydrogen-bond acceptors (Lipinski definition) is 1. The van der Waals surface area contributed by atoms with Crippen molar-refractivity contribution in [3.63, 3.8) is 0 Å². The number of rotatable bonds is 4. The van der Waals surface area contributed by atoms with Crippen LogP contribution in [0.25, 0.3) is 0 Å². The van der Waals surface area contributed by atoms with Crippen LogP contribution in [0.4, 0.5) is 0 Å². The van der Waals surface area contributed by atoms with Crippen molar-refractivity contribution in [2.24, 2.45) is 16.2 Å². The first kappa shape index (κ1) is 14.2. The van der Waals surface area contributed by atoms with Crippen LogP contribution < -0.4 is 0 Å². The molecule has 0 amide bonds. The van der Waals surface area contributed by atoms with Crippen LogP contribution in [0.1, 0.15) is 48.0 Å². The van der Waals surface area contributed by atoms with E-state index >= 15 is 0 Å². The lowest BCUT2D eigenvalue weighted by Gasteiger charge is -2.49. The fraction of sp³-hybridized carbons (Fsp3) is 0.769. The van der Waals surface area contributed by atoms with Gasteiger partial charge in [0.25, 0.3) is 0 Å². The van der Waals surface area contributed by atoms with Gasteiger partial charge in [-0.05, 0) is 18.8 Å². The van der Waals surface area contributed by atoms with E-state index in [1.807, 2.05) is 41.5 Å². The molecule has 88 valence electrons. The highest BCUT2D eigenvalue weighted by Crippen LogP contribution is 2.54. The zero-order valence-corrected chi connectivity index (χ0v) is 10.8. The molecule has 0 bridgehead atoms. The van der Waals surface area contributed by atoms with E-state index in [0.29, 0.717) is 0 Å². The van der Waals surface area contributed by atoms with Crippen LogP contribution in [-0.2, 0) is 4.79 Å². The largest absolute Gasteiger partial charge is 0.481 e. The average Bonchev–Trinajstić information content (AvgIpc) is 2.13. The van der Waals surface area contributed by atoms with Crippen LogP contribution in [0, 0.1) is 16.2 Å². The smallest absolute Gasteiger partial charge is 0.310 e. The molecule has 0 heterocycles. The number of allylic oxidation sites excluding steroid dienone is 1. The number of aliphatic carboxylic acids is 1. The summed E-state index contributed by atoms with van der Waals surface area (Å²) in [6, 6.07) is 0. The number of carboxylic acid groups (broad SMARTS) is 1. The number of carboxylic acids is 1. The minimum Gasteiger partial charge on any atom is -0.481 e. The molecular weight excluding hydrogens is 188 g/mol. The molecule has 0 aliphatic rings. The summed E-state index contributed by atoms with van der Waals surface area (Å²) in [6.45, 7) is 15.5. The Hall–Kier alpha value is -0.790. The highest BCUT2D eigenvalue weighted by atomic mass is 16.4. The molecule has 0 fully saturated rings. The zero-order chi connectivity index (χ0) is 12.5. The molecule has 15 heavy (non-hydrogen) atoms. The first-order valence-electron chi connectivity index (χ1n) is 5.44. The summed E-state index contributed by atoms with van der Waals surface area (Å²) in [5, 5.41) is 9.52. The molecule has 2 nitrogen and oxygen atoms in total. The summed E-state index contributed by atoms with van der Waals surface area (Å²) < 4.78 is 0. The second-order valence-electron chi connectivity index (χ2n) is 5.66. The lowest BCUT2D eigenvalue weighted by molar-refractivity contribution is -0.164. The van der Waals surface area contributed by atoms with E-state index in [1.54, 1.807) is 6.08 Å². The van der Waals surface area contributed by atoms with Gasteiger partial charge in [0.2, 0.25) is 0 Å². The predicted octanol–water partition coefficient (Wildman–Crippen LogP) is 3.73. The van der Waals surface area contributed by atoms with Crippen LogP contribution in [0.2, 0.25) is 0 Å². The maximum absolute atomic E-state index is 11.6. The van der Waals surface area contributed by atoms with Crippen LogP contribution >= 0.6 is 0 Å². The maximum atomic E-state index is 11.6. The van der Waals surface area contributed by atoms with Crippen molar-refractivity contribution in [3.8, 4) is 0 Å². The normalized spacial score (nSPS) is 20.1. The SMILES string of the molecule is C=C[C@](C)(CC)C(C)(C(=O)O)C(C)(C)C. The second-order valence-corrected chi connectivity index (χ2v) is 5.66. The van der Waals surface area contributed by atoms with E-state index in [1.165, 1.54) is 0 Å². The van der Waals surface area contributed by atoms with E-state index in [9.17, 15) is 9.90 Å². The molecular formula is C13H24O2. The molecule has 0 aliphatic heterocycles. The summed E-state index contributed by atoms with van der Waals surface area (Å²) in [5.41, 5.74) is -1.51. The van der Waals surface area contributed by atoms with Crippen molar-refractivity contribution in [1.29, 1.82) is 0 Å². The lowest BCUT2D eigenvalue weighted by atomic mass is 9.53. The van der Waals surface area contributed by atoms with Gasteiger partial charge in [0, 0.05) is 5.41 Å². The van der Waals surface area contributed by atoms with Gasteiger partial charge in [-0.15, -0.1) is 6.58 Å². The standard InChI is InChI=1S/C13H24O2/c1-8-12(6,9-2)13(7,10(14)15)11(3,4)5/h8H,1,9H2,2-7H3,(H,14,15)/t12-,13?/m1/s1. The van der Waals surface area contributed by atoms with E-state index in [0.717, 1.165) is 6.42 Å². The van der Waals surface area contributed by atoms with Crippen LogP contribution in [0.3, 0.4) is 0 Å². The van der Waals surface area contributed by atoms with Crippen molar-refractivity contribution < 1.29 is 9.90 Å². The van der Waals surface area contributed by atoms with Gasteiger partial charge in [0.05, 0.1) is 5.41 Å². The van der Waals surface area contributed by atoms with Crippen molar-refractivity contribution >= 4 is 5.97 Å². The van der Waals surface area contributed by atoms with Gasteiger partial charge in [-0.1, -0.05) is 40.7 Å². The van der Waals surface area contributed by atoms with Gasteiger partial charge in [0.1, 0.15) is 0 Å². The molecule has 0 radical (unpaired) electrons.